The molecule has 2 amide bonds. The van der Waals surface area contributed by atoms with Crippen molar-refractivity contribution in [2.45, 2.75) is 19.9 Å². The second kappa shape index (κ2) is 7.63. The molecule has 0 heterocycles. The number of nitrogens with one attached hydrogen (secondary N) is 2. The van der Waals surface area contributed by atoms with Crippen molar-refractivity contribution < 1.29 is 19.1 Å². The Hall–Kier alpha value is -1.63. The summed E-state index contributed by atoms with van der Waals surface area (Å²) in [6, 6.07) is -0.734. The number of carbonyl (C=O) groups is 3. The first-order valence-corrected chi connectivity index (χ1v) is 4.94. The largest absolute Gasteiger partial charge is 0.464 e. The molecule has 0 spiro atoms. The van der Waals surface area contributed by atoms with Gasteiger partial charge in [-0.15, -0.1) is 0 Å². The number of nitrogens with two attached hydrogens (primary N) is 1. The summed E-state index contributed by atoms with van der Waals surface area (Å²) in [5, 5.41) is 4.66. The molecule has 7 nitrogen and oxygen atoms in total. The van der Waals surface area contributed by atoms with E-state index in [1.54, 1.807) is 6.92 Å². The Morgan fingerprint density at radius 1 is 1.31 bits per heavy atom. The summed E-state index contributed by atoms with van der Waals surface area (Å²) in [6.45, 7) is 3.04. The lowest BCUT2D eigenvalue weighted by Crippen LogP contribution is -2.45. The third-order valence-electron chi connectivity index (χ3n) is 1.65. The highest BCUT2D eigenvalue weighted by Crippen LogP contribution is 1.87. The van der Waals surface area contributed by atoms with Crippen LogP contribution in [0.1, 0.15) is 13.8 Å². The van der Waals surface area contributed by atoms with E-state index in [-0.39, 0.29) is 19.7 Å². The number of ether oxygens (including phenoxy) is 1. The van der Waals surface area contributed by atoms with E-state index in [9.17, 15) is 14.4 Å². The molecule has 1 unspecified atom stereocenters. The molecule has 0 rings (SSSR count). The van der Waals surface area contributed by atoms with Gasteiger partial charge in [-0.3, -0.25) is 9.59 Å². The molecule has 4 N–H and O–H groups in total. The third-order valence-corrected chi connectivity index (χ3v) is 1.65. The Morgan fingerprint density at radius 3 is 2.44 bits per heavy atom. The van der Waals surface area contributed by atoms with E-state index in [0.29, 0.717) is 0 Å². The summed E-state index contributed by atoms with van der Waals surface area (Å²) >= 11 is 0. The van der Waals surface area contributed by atoms with Crippen molar-refractivity contribution >= 4 is 17.8 Å². The van der Waals surface area contributed by atoms with Gasteiger partial charge < -0.3 is 21.1 Å². The normalized spacial score (nSPS) is 11.4. The minimum atomic E-state index is -0.734. The molecule has 0 aromatic rings. The smallest absolute Gasteiger partial charge is 0.328 e. The number of hydrogen-bond acceptors (Lipinski definition) is 5. The van der Waals surface area contributed by atoms with Crippen molar-refractivity contribution in [3.63, 3.8) is 0 Å². The first kappa shape index (κ1) is 14.4. The minimum absolute atomic E-state index is 0.180. The monoisotopic (exact) mass is 231 g/mol. The summed E-state index contributed by atoms with van der Waals surface area (Å²) in [4.78, 5) is 33.1. The van der Waals surface area contributed by atoms with Crippen molar-refractivity contribution in [1.82, 2.24) is 10.6 Å². The molecule has 7 heteroatoms. The van der Waals surface area contributed by atoms with Crippen LogP contribution in [0.4, 0.5) is 0 Å². The van der Waals surface area contributed by atoms with Crippen LogP contribution in [0.5, 0.6) is 0 Å². The van der Waals surface area contributed by atoms with Crippen molar-refractivity contribution in [2.75, 3.05) is 19.7 Å². The standard InChI is InChI=1S/C9H17N3O4/c1-3-16-9(15)6(2)12-8(14)5-11-7(13)4-10/h6H,3-5,10H2,1-2H3,(H,11,13)(H,12,14). The van der Waals surface area contributed by atoms with Gasteiger partial charge in [-0.25, -0.2) is 4.79 Å². The Kier molecular flexibility index (Phi) is 6.86. The second-order valence-corrected chi connectivity index (χ2v) is 3.02. The molecule has 0 aliphatic heterocycles. The Balaban J connectivity index is 3.86. The van der Waals surface area contributed by atoms with Crippen LogP contribution in [0.25, 0.3) is 0 Å². The maximum Gasteiger partial charge on any atom is 0.328 e. The van der Waals surface area contributed by atoms with E-state index in [1.165, 1.54) is 6.92 Å². The molecule has 0 saturated heterocycles. The fourth-order valence-corrected chi connectivity index (χ4v) is 0.870. The highest BCUT2D eigenvalue weighted by molar-refractivity contribution is 5.88. The van der Waals surface area contributed by atoms with Crippen LogP contribution in [0.15, 0.2) is 0 Å². The summed E-state index contributed by atoms with van der Waals surface area (Å²) in [5.74, 6) is -1.41. The molecule has 0 bridgehead atoms. The molecule has 0 saturated carbocycles. The number of carbonyl (C=O) groups excluding carboxylic acids is 3. The molecule has 0 aromatic heterocycles. The second-order valence-electron chi connectivity index (χ2n) is 3.02. The number of amides is 2. The van der Waals surface area contributed by atoms with Crippen molar-refractivity contribution in [3.05, 3.63) is 0 Å². The predicted molar refractivity (Wildman–Crippen MR) is 56.3 cm³/mol. The van der Waals surface area contributed by atoms with Gasteiger partial charge in [0.1, 0.15) is 6.04 Å². The number of rotatable bonds is 6. The molecule has 0 aromatic carbocycles. The van der Waals surface area contributed by atoms with Gasteiger partial charge in [-0.2, -0.15) is 0 Å². The zero-order chi connectivity index (χ0) is 12.6. The quantitative estimate of drug-likeness (QED) is 0.464. The molecule has 0 fully saturated rings. The maximum absolute atomic E-state index is 11.2. The van der Waals surface area contributed by atoms with Crippen molar-refractivity contribution in [2.24, 2.45) is 5.73 Å². The lowest BCUT2D eigenvalue weighted by molar-refractivity contribution is -0.146. The summed E-state index contributed by atoms with van der Waals surface area (Å²) in [5.41, 5.74) is 5.03. The van der Waals surface area contributed by atoms with Gasteiger partial charge in [0, 0.05) is 0 Å². The average molecular weight is 231 g/mol. The topological polar surface area (TPSA) is 111 Å². The van der Waals surface area contributed by atoms with Crippen LogP contribution in [-0.4, -0.2) is 43.5 Å². The molecular formula is C9H17N3O4. The first-order chi connectivity index (χ1) is 7.51. The van der Waals surface area contributed by atoms with Gasteiger partial charge in [0.05, 0.1) is 19.7 Å². The van der Waals surface area contributed by atoms with E-state index >= 15 is 0 Å². The van der Waals surface area contributed by atoms with Crippen LogP contribution >= 0.6 is 0 Å². The fourth-order valence-electron chi connectivity index (χ4n) is 0.870. The van der Waals surface area contributed by atoms with Crippen LogP contribution in [-0.2, 0) is 19.1 Å². The van der Waals surface area contributed by atoms with E-state index in [1.807, 2.05) is 0 Å². The summed E-state index contributed by atoms with van der Waals surface area (Å²) in [7, 11) is 0. The average Bonchev–Trinajstić information content (AvgIpc) is 2.26. The van der Waals surface area contributed by atoms with E-state index in [0.717, 1.165) is 0 Å². The Labute approximate surface area is 93.7 Å². The molecule has 0 radical (unpaired) electrons. The van der Waals surface area contributed by atoms with Gasteiger partial charge in [0.2, 0.25) is 11.8 Å². The third kappa shape index (κ3) is 5.97. The lowest BCUT2D eigenvalue weighted by atomic mass is 10.3. The van der Waals surface area contributed by atoms with Gasteiger partial charge in [0.25, 0.3) is 0 Å². The molecule has 0 aliphatic carbocycles. The summed E-state index contributed by atoms with van der Waals surface area (Å²) < 4.78 is 4.69. The van der Waals surface area contributed by atoms with E-state index < -0.39 is 23.8 Å². The van der Waals surface area contributed by atoms with E-state index in [2.05, 4.69) is 10.6 Å². The summed E-state index contributed by atoms with van der Waals surface area (Å²) in [6.07, 6.45) is 0. The van der Waals surface area contributed by atoms with Gasteiger partial charge in [-0.1, -0.05) is 0 Å². The van der Waals surface area contributed by atoms with Gasteiger partial charge >= 0.3 is 5.97 Å². The number of hydrogen-bond donors (Lipinski definition) is 3. The fraction of sp³-hybridized carbons (Fsp3) is 0.667. The molecule has 92 valence electrons. The van der Waals surface area contributed by atoms with Gasteiger partial charge in [-0.05, 0) is 13.8 Å². The van der Waals surface area contributed by atoms with E-state index in [4.69, 9.17) is 10.5 Å². The van der Waals surface area contributed by atoms with Crippen molar-refractivity contribution in [3.8, 4) is 0 Å². The molecule has 0 aliphatic rings. The predicted octanol–water partition coefficient (Wildman–Crippen LogP) is -1.87. The Morgan fingerprint density at radius 2 is 1.94 bits per heavy atom. The number of esters is 1. The van der Waals surface area contributed by atoms with Crippen LogP contribution < -0.4 is 16.4 Å². The van der Waals surface area contributed by atoms with Crippen LogP contribution in [0.2, 0.25) is 0 Å². The SMILES string of the molecule is CCOC(=O)C(C)NC(=O)CNC(=O)CN. The molecule has 1 atom stereocenters. The maximum atomic E-state index is 11.2. The van der Waals surface area contributed by atoms with Crippen LogP contribution in [0.3, 0.4) is 0 Å². The minimum Gasteiger partial charge on any atom is -0.464 e. The Bertz CT molecular complexity index is 267. The lowest BCUT2D eigenvalue weighted by Gasteiger charge is -2.12. The highest BCUT2D eigenvalue weighted by Gasteiger charge is 2.16. The first-order valence-electron chi connectivity index (χ1n) is 4.94. The molecule has 16 heavy (non-hydrogen) atoms. The zero-order valence-electron chi connectivity index (χ0n) is 9.41. The van der Waals surface area contributed by atoms with Gasteiger partial charge in [0.15, 0.2) is 0 Å². The van der Waals surface area contributed by atoms with Crippen LogP contribution in [0, 0.1) is 0 Å². The zero-order valence-corrected chi connectivity index (χ0v) is 9.41. The highest BCUT2D eigenvalue weighted by atomic mass is 16.5. The molecular weight excluding hydrogens is 214 g/mol. The van der Waals surface area contributed by atoms with Crippen molar-refractivity contribution in [1.29, 1.82) is 0 Å².